The van der Waals surface area contributed by atoms with Crippen molar-refractivity contribution in [3.05, 3.63) is 109 Å². The predicted molar refractivity (Wildman–Crippen MR) is 212 cm³/mol. The second-order valence-electron chi connectivity index (χ2n) is 13.6. The average molecular weight is 695 g/mol. The van der Waals surface area contributed by atoms with Crippen molar-refractivity contribution in [2.75, 3.05) is 26.4 Å². The van der Waals surface area contributed by atoms with Crippen LogP contribution in [0, 0.1) is 0 Å². The van der Waals surface area contributed by atoms with Gasteiger partial charge in [-0.25, -0.2) is 9.97 Å². The lowest BCUT2D eigenvalue weighted by atomic mass is 9.98. The third-order valence-electron chi connectivity index (χ3n) is 9.67. The Morgan fingerprint density at radius 3 is 1.33 bits per heavy atom. The monoisotopic (exact) mass is 694 g/mol. The Labute approximate surface area is 308 Å². The molecule has 3 aromatic carbocycles. The fourth-order valence-electron chi connectivity index (χ4n) is 6.89. The fraction of sp³-hybridized carbons (Fsp3) is 0.348. The van der Waals surface area contributed by atoms with E-state index >= 15 is 0 Å². The maximum absolute atomic E-state index is 6.57. The minimum Gasteiger partial charge on any atom is -0.493 e. The molecule has 0 fully saturated rings. The molecular weight excluding hydrogens is 645 g/mol. The van der Waals surface area contributed by atoms with Gasteiger partial charge in [-0.1, -0.05) is 66.8 Å². The van der Waals surface area contributed by atoms with E-state index in [1.165, 1.54) is 0 Å². The van der Waals surface area contributed by atoms with Crippen LogP contribution >= 0.6 is 0 Å². The van der Waals surface area contributed by atoms with E-state index in [1.54, 1.807) is 0 Å². The molecule has 0 N–H and O–H groups in total. The van der Waals surface area contributed by atoms with Crippen LogP contribution in [0.25, 0.3) is 44.7 Å². The first-order chi connectivity index (χ1) is 25.8. The van der Waals surface area contributed by atoms with Gasteiger partial charge in [-0.2, -0.15) is 0 Å². The maximum atomic E-state index is 6.57. The first-order valence-electron chi connectivity index (χ1n) is 19.3. The van der Waals surface area contributed by atoms with E-state index in [9.17, 15) is 0 Å². The summed E-state index contributed by atoms with van der Waals surface area (Å²) in [4.78, 5) is 10.6. The van der Waals surface area contributed by atoms with Crippen LogP contribution in [0.3, 0.4) is 0 Å². The molecule has 0 amide bonds. The van der Waals surface area contributed by atoms with Crippen LogP contribution in [-0.2, 0) is 0 Å². The Morgan fingerprint density at radius 1 is 0.404 bits per heavy atom. The molecule has 0 unspecified atom stereocenters. The highest BCUT2D eigenvalue weighted by atomic mass is 16.5. The molecule has 0 atom stereocenters. The molecule has 5 aromatic rings. The molecule has 0 aliphatic carbocycles. The molecule has 6 nitrogen and oxygen atoms in total. The van der Waals surface area contributed by atoms with E-state index in [-0.39, 0.29) is 0 Å². The van der Waals surface area contributed by atoms with E-state index in [4.69, 9.17) is 28.9 Å². The molecule has 0 saturated heterocycles. The lowest BCUT2D eigenvalue weighted by molar-refractivity contribution is 0.294. The third-order valence-corrected chi connectivity index (χ3v) is 9.67. The number of allylic oxidation sites excluding steroid dienone is 4. The van der Waals surface area contributed by atoms with Gasteiger partial charge in [0.15, 0.2) is 5.65 Å². The zero-order chi connectivity index (χ0) is 35.2. The summed E-state index contributed by atoms with van der Waals surface area (Å²) in [5.74, 6) is 3.11. The molecule has 2 aliphatic rings. The summed E-state index contributed by atoms with van der Waals surface area (Å²) in [5, 5.41) is 0.970. The quantitative estimate of drug-likeness (QED) is 0.163. The fourth-order valence-corrected chi connectivity index (χ4v) is 6.89. The third kappa shape index (κ3) is 9.03. The van der Waals surface area contributed by atoms with Gasteiger partial charge in [0.2, 0.25) is 0 Å². The second kappa shape index (κ2) is 18.4. The Morgan fingerprint density at radius 2 is 0.846 bits per heavy atom. The number of benzene rings is 3. The highest BCUT2D eigenvalue weighted by Crippen LogP contribution is 2.43. The Hall–Kier alpha value is -5.10. The van der Waals surface area contributed by atoms with Crippen molar-refractivity contribution in [3.8, 4) is 56.6 Å². The maximum Gasteiger partial charge on any atom is 0.161 e. The SMILES string of the molecule is C1=C\CCCCOc2cccc3c2-c2cc(-c4ccccc4)c4ccc(nc4n2)-c2c(cccc2OCCCC/C=C\CCCCO3)OCCCC/1. The summed E-state index contributed by atoms with van der Waals surface area (Å²) in [6.07, 6.45) is 21.5. The standard InChI is InChI=1S/C46H50N2O4/c1-3-7-11-18-32-51-42-26-21-27-43-45(42)39-34-37(35-22-14-13-15-23-35)36-28-29-38(47-46(36)48-39)44-40(49-30-16-9-5-1)24-20-25-41(44)50-31-17-10-6-2-4-8-12-19-33-52-43/h1-4,13-15,20-29,34H,5-12,16-19,30-33H2/b3-1-,4-2-. The van der Waals surface area contributed by atoms with Gasteiger partial charge in [0.25, 0.3) is 0 Å². The number of hydrogen-bond donors (Lipinski definition) is 0. The molecule has 7 rings (SSSR count). The Balaban J connectivity index is 1.42. The van der Waals surface area contributed by atoms with Gasteiger partial charge in [0.05, 0.1) is 48.9 Å². The molecule has 0 radical (unpaired) electrons. The summed E-state index contributed by atoms with van der Waals surface area (Å²) in [6.45, 7) is 2.49. The normalized spacial score (nSPS) is 17.7. The van der Waals surface area contributed by atoms with Crippen LogP contribution in [0.4, 0.5) is 0 Å². The van der Waals surface area contributed by atoms with Gasteiger partial charge in [-0.15, -0.1) is 0 Å². The number of hydrogen-bond acceptors (Lipinski definition) is 6. The van der Waals surface area contributed by atoms with Gasteiger partial charge < -0.3 is 18.9 Å². The molecule has 2 aromatic heterocycles. The topological polar surface area (TPSA) is 62.7 Å². The van der Waals surface area contributed by atoms with Crippen LogP contribution in [0.1, 0.15) is 77.0 Å². The Kier molecular flexibility index (Phi) is 12.5. The largest absolute Gasteiger partial charge is 0.493 e. The first-order valence-corrected chi connectivity index (χ1v) is 19.3. The lowest BCUT2D eigenvalue weighted by Gasteiger charge is -2.19. The van der Waals surface area contributed by atoms with E-state index in [2.05, 4.69) is 66.8 Å². The van der Waals surface area contributed by atoms with E-state index in [0.29, 0.717) is 32.1 Å². The van der Waals surface area contributed by atoms with Crippen molar-refractivity contribution in [3.63, 3.8) is 0 Å². The highest BCUT2D eigenvalue weighted by Gasteiger charge is 2.21. The van der Waals surface area contributed by atoms with Gasteiger partial charge in [-0.05, 0) is 131 Å². The molecule has 268 valence electrons. The summed E-state index contributed by atoms with van der Waals surface area (Å²) in [7, 11) is 0. The molecule has 4 heterocycles. The predicted octanol–water partition coefficient (Wildman–Crippen LogP) is 12.0. The molecule has 0 saturated carbocycles. The number of ether oxygens (including phenoxy) is 4. The molecule has 5 bridgehead atoms. The lowest BCUT2D eigenvalue weighted by Crippen LogP contribution is -2.04. The number of rotatable bonds is 1. The minimum absolute atomic E-state index is 0.620. The van der Waals surface area contributed by atoms with E-state index < -0.39 is 0 Å². The molecule has 6 heteroatoms. The molecule has 2 aliphatic heterocycles. The van der Waals surface area contributed by atoms with Crippen molar-refractivity contribution >= 4 is 11.0 Å². The van der Waals surface area contributed by atoms with Crippen LogP contribution in [-0.4, -0.2) is 36.4 Å². The van der Waals surface area contributed by atoms with Crippen molar-refractivity contribution in [2.24, 2.45) is 0 Å². The van der Waals surface area contributed by atoms with Gasteiger partial charge in [0, 0.05) is 5.39 Å². The van der Waals surface area contributed by atoms with Crippen molar-refractivity contribution in [1.82, 2.24) is 9.97 Å². The van der Waals surface area contributed by atoms with Crippen molar-refractivity contribution < 1.29 is 18.9 Å². The van der Waals surface area contributed by atoms with Gasteiger partial charge in [0.1, 0.15) is 23.0 Å². The average Bonchev–Trinajstić information content (AvgIpc) is 3.17. The van der Waals surface area contributed by atoms with Gasteiger partial charge >= 0.3 is 0 Å². The van der Waals surface area contributed by atoms with Crippen LogP contribution < -0.4 is 18.9 Å². The summed E-state index contributed by atoms with van der Waals surface area (Å²) in [6, 6.07) is 29.1. The van der Waals surface area contributed by atoms with Crippen LogP contribution in [0.2, 0.25) is 0 Å². The Bertz CT molecular complexity index is 1890. The summed E-state index contributed by atoms with van der Waals surface area (Å²) in [5.41, 5.74) is 6.05. The van der Waals surface area contributed by atoms with E-state index in [1.807, 2.05) is 42.5 Å². The molecule has 0 spiro atoms. The summed E-state index contributed by atoms with van der Waals surface area (Å²) < 4.78 is 26.2. The van der Waals surface area contributed by atoms with Crippen LogP contribution in [0.5, 0.6) is 23.0 Å². The van der Waals surface area contributed by atoms with Crippen molar-refractivity contribution in [1.29, 1.82) is 0 Å². The molecule has 52 heavy (non-hydrogen) atoms. The summed E-state index contributed by atoms with van der Waals surface area (Å²) >= 11 is 0. The first kappa shape index (κ1) is 35.3. The minimum atomic E-state index is 0.620. The van der Waals surface area contributed by atoms with Crippen molar-refractivity contribution in [2.45, 2.75) is 77.0 Å². The zero-order valence-electron chi connectivity index (χ0n) is 30.2. The smallest absolute Gasteiger partial charge is 0.161 e. The van der Waals surface area contributed by atoms with Crippen LogP contribution in [0.15, 0.2) is 109 Å². The molecular formula is C46H50N2O4. The zero-order valence-corrected chi connectivity index (χ0v) is 30.2. The number of pyridine rings is 2. The van der Waals surface area contributed by atoms with E-state index in [0.717, 1.165) is 139 Å². The number of aromatic nitrogens is 2. The number of nitrogens with zero attached hydrogens (tertiary/aromatic N) is 2. The highest BCUT2D eigenvalue weighted by molar-refractivity contribution is 5.97. The van der Waals surface area contributed by atoms with Gasteiger partial charge in [-0.3, -0.25) is 0 Å². The second-order valence-corrected chi connectivity index (χ2v) is 13.6.